The molecule has 1 atom stereocenters. The van der Waals surface area contributed by atoms with Crippen molar-refractivity contribution in [1.29, 1.82) is 5.26 Å². The van der Waals surface area contributed by atoms with Gasteiger partial charge in [-0.15, -0.1) is 11.3 Å². The van der Waals surface area contributed by atoms with Crippen molar-refractivity contribution in [2.75, 3.05) is 11.9 Å². The van der Waals surface area contributed by atoms with Crippen LogP contribution in [0.15, 0.2) is 35.7 Å². The van der Waals surface area contributed by atoms with Crippen molar-refractivity contribution in [2.45, 2.75) is 25.4 Å². The van der Waals surface area contributed by atoms with Gasteiger partial charge in [0.05, 0.1) is 11.6 Å². The predicted molar refractivity (Wildman–Crippen MR) is 96.1 cm³/mol. The maximum atomic E-state index is 12.3. The van der Waals surface area contributed by atoms with Crippen LogP contribution in [0.5, 0.6) is 0 Å². The van der Waals surface area contributed by atoms with E-state index < -0.39 is 0 Å². The lowest BCUT2D eigenvalue weighted by molar-refractivity contribution is -0.122. The molecule has 1 fully saturated rings. The molecule has 0 unspecified atom stereocenters. The zero-order valence-corrected chi connectivity index (χ0v) is 14.4. The van der Waals surface area contributed by atoms with E-state index in [1.165, 1.54) is 11.3 Å². The van der Waals surface area contributed by atoms with Gasteiger partial charge in [0.25, 0.3) is 5.91 Å². The molecule has 6 nitrogen and oxygen atoms in total. The van der Waals surface area contributed by atoms with E-state index >= 15 is 0 Å². The Labute approximate surface area is 149 Å². The van der Waals surface area contributed by atoms with Gasteiger partial charge in [-0.3, -0.25) is 14.5 Å². The summed E-state index contributed by atoms with van der Waals surface area (Å²) in [6.07, 6.45) is 1.77. The molecule has 0 spiro atoms. The summed E-state index contributed by atoms with van der Waals surface area (Å²) in [5.41, 5.74) is 7.45. The number of likely N-dealkylation sites (tertiary alicyclic amines) is 1. The molecule has 1 aliphatic heterocycles. The van der Waals surface area contributed by atoms with Crippen LogP contribution in [0.3, 0.4) is 0 Å². The van der Waals surface area contributed by atoms with E-state index in [1.807, 2.05) is 18.2 Å². The fraction of sp³-hybridized carbons (Fsp3) is 0.278. The minimum absolute atomic E-state index is 0.203. The fourth-order valence-corrected chi connectivity index (χ4v) is 3.74. The summed E-state index contributed by atoms with van der Waals surface area (Å²) in [5.74, 6) is -0.528. The van der Waals surface area contributed by atoms with E-state index in [0.717, 1.165) is 24.9 Å². The molecule has 2 aromatic rings. The van der Waals surface area contributed by atoms with Crippen molar-refractivity contribution in [2.24, 2.45) is 5.73 Å². The van der Waals surface area contributed by atoms with Crippen molar-refractivity contribution >= 4 is 28.2 Å². The largest absolute Gasteiger partial charge is 0.368 e. The third-order valence-electron chi connectivity index (χ3n) is 4.31. The van der Waals surface area contributed by atoms with Crippen molar-refractivity contribution in [1.82, 2.24) is 4.90 Å². The molecule has 25 heavy (non-hydrogen) atoms. The van der Waals surface area contributed by atoms with Crippen molar-refractivity contribution < 1.29 is 9.59 Å². The van der Waals surface area contributed by atoms with Crippen LogP contribution in [0.1, 0.15) is 34.3 Å². The van der Waals surface area contributed by atoms with Gasteiger partial charge in [0, 0.05) is 12.1 Å². The van der Waals surface area contributed by atoms with E-state index in [4.69, 9.17) is 11.0 Å². The van der Waals surface area contributed by atoms with Gasteiger partial charge in [0.1, 0.15) is 11.1 Å². The highest BCUT2D eigenvalue weighted by Gasteiger charge is 2.28. The molecule has 1 aromatic heterocycles. The van der Waals surface area contributed by atoms with Crippen LogP contribution in [-0.2, 0) is 11.3 Å². The second kappa shape index (κ2) is 7.47. The number of benzene rings is 1. The first-order valence-corrected chi connectivity index (χ1v) is 8.87. The van der Waals surface area contributed by atoms with Crippen molar-refractivity contribution in [3.63, 3.8) is 0 Å². The highest BCUT2D eigenvalue weighted by Crippen LogP contribution is 2.23. The van der Waals surface area contributed by atoms with Gasteiger partial charge in [-0.25, -0.2) is 0 Å². The lowest BCUT2D eigenvalue weighted by Gasteiger charge is -2.21. The van der Waals surface area contributed by atoms with E-state index in [0.29, 0.717) is 22.7 Å². The molecule has 2 amide bonds. The maximum absolute atomic E-state index is 12.3. The number of nitriles is 1. The number of primary amides is 1. The normalized spacial score (nSPS) is 17.2. The number of nitrogens with zero attached hydrogens (tertiary/aromatic N) is 2. The van der Waals surface area contributed by atoms with E-state index in [2.05, 4.69) is 10.2 Å². The Balaban J connectivity index is 1.65. The third kappa shape index (κ3) is 3.87. The van der Waals surface area contributed by atoms with Gasteiger partial charge in [-0.2, -0.15) is 5.26 Å². The summed E-state index contributed by atoms with van der Waals surface area (Å²) in [5, 5.41) is 14.1. The summed E-state index contributed by atoms with van der Waals surface area (Å²) < 4.78 is 0. The van der Waals surface area contributed by atoms with Crippen LogP contribution >= 0.6 is 11.3 Å². The Hall–Kier alpha value is -2.69. The van der Waals surface area contributed by atoms with Gasteiger partial charge in [0.15, 0.2) is 0 Å². The Morgan fingerprint density at radius 1 is 1.32 bits per heavy atom. The Morgan fingerprint density at radius 3 is 2.76 bits per heavy atom. The molecule has 0 aliphatic carbocycles. The lowest BCUT2D eigenvalue weighted by atomic mass is 10.1. The number of hydrogen-bond acceptors (Lipinski definition) is 5. The molecular formula is C18H18N4O2S. The summed E-state index contributed by atoms with van der Waals surface area (Å²) in [4.78, 5) is 25.8. The van der Waals surface area contributed by atoms with Crippen LogP contribution < -0.4 is 11.1 Å². The van der Waals surface area contributed by atoms with Crippen LogP contribution in [0, 0.1) is 11.3 Å². The van der Waals surface area contributed by atoms with Crippen LogP contribution in [0.4, 0.5) is 5.00 Å². The monoisotopic (exact) mass is 354 g/mol. The number of nitrogens with two attached hydrogens (primary N) is 1. The van der Waals surface area contributed by atoms with Gasteiger partial charge in [-0.05, 0) is 48.5 Å². The Kier molecular flexibility index (Phi) is 5.12. The number of hydrogen-bond donors (Lipinski definition) is 2. The summed E-state index contributed by atoms with van der Waals surface area (Å²) in [6.45, 7) is 1.49. The summed E-state index contributed by atoms with van der Waals surface area (Å²) >= 11 is 1.32. The highest BCUT2D eigenvalue weighted by atomic mass is 32.1. The molecule has 2 heterocycles. The fourth-order valence-electron chi connectivity index (χ4n) is 3.00. The maximum Gasteiger partial charge on any atom is 0.256 e. The minimum Gasteiger partial charge on any atom is -0.368 e. The number of carbonyl (C=O) groups is 2. The number of anilines is 1. The van der Waals surface area contributed by atoms with Gasteiger partial charge in [-0.1, -0.05) is 12.1 Å². The second-order valence-corrected chi connectivity index (χ2v) is 6.87. The van der Waals surface area contributed by atoms with Gasteiger partial charge >= 0.3 is 0 Å². The first-order chi connectivity index (χ1) is 12.1. The molecule has 0 saturated carbocycles. The number of carbonyl (C=O) groups excluding carboxylic acids is 2. The van der Waals surface area contributed by atoms with Crippen molar-refractivity contribution in [3.05, 3.63) is 52.4 Å². The molecule has 0 bridgehead atoms. The molecule has 0 radical (unpaired) electrons. The number of nitrogens with one attached hydrogen (secondary N) is 1. The molecule has 1 saturated heterocycles. The zero-order chi connectivity index (χ0) is 17.8. The highest BCUT2D eigenvalue weighted by molar-refractivity contribution is 7.14. The number of rotatable bonds is 5. The number of amides is 2. The van der Waals surface area contributed by atoms with Gasteiger partial charge < -0.3 is 11.1 Å². The SMILES string of the molecule is N#Cc1ccsc1NC(=O)c1ccc(CN2CCC[C@@H]2C(N)=O)cc1. The number of thiophene rings is 1. The summed E-state index contributed by atoms with van der Waals surface area (Å²) in [6, 6.07) is 10.8. The molecule has 3 rings (SSSR count). The lowest BCUT2D eigenvalue weighted by Crippen LogP contribution is -2.39. The molecule has 128 valence electrons. The van der Waals surface area contributed by atoms with Crippen molar-refractivity contribution in [3.8, 4) is 6.07 Å². The predicted octanol–water partition coefficient (Wildman–Crippen LogP) is 2.32. The molecule has 7 heteroatoms. The van der Waals surface area contributed by atoms with Gasteiger partial charge in [0.2, 0.25) is 5.91 Å². The Morgan fingerprint density at radius 2 is 2.08 bits per heavy atom. The molecule has 1 aliphatic rings. The molecular weight excluding hydrogens is 336 g/mol. The summed E-state index contributed by atoms with van der Waals surface area (Å²) in [7, 11) is 0. The Bertz CT molecular complexity index is 822. The average Bonchev–Trinajstić information content (AvgIpc) is 3.24. The minimum atomic E-state index is -0.280. The van der Waals surface area contributed by atoms with E-state index in [-0.39, 0.29) is 17.9 Å². The zero-order valence-electron chi connectivity index (χ0n) is 13.6. The standard InChI is InChI=1S/C18H18N4O2S/c19-10-14-7-9-25-18(14)21-17(24)13-5-3-12(4-6-13)11-22-8-1-2-15(22)16(20)23/h3-7,9,15H,1-2,8,11H2,(H2,20,23)(H,21,24)/t15-/m1/s1. The van der Waals surface area contributed by atoms with E-state index in [9.17, 15) is 9.59 Å². The third-order valence-corrected chi connectivity index (χ3v) is 5.14. The molecule has 1 aromatic carbocycles. The van der Waals surface area contributed by atoms with E-state index in [1.54, 1.807) is 23.6 Å². The second-order valence-electron chi connectivity index (χ2n) is 5.96. The average molecular weight is 354 g/mol. The van der Waals surface area contributed by atoms with Crippen LogP contribution in [0.2, 0.25) is 0 Å². The quantitative estimate of drug-likeness (QED) is 0.861. The topological polar surface area (TPSA) is 99.2 Å². The molecule has 3 N–H and O–H groups in total. The first-order valence-electron chi connectivity index (χ1n) is 7.99. The van der Waals surface area contributed by atoms with Crippen LogP contribution in [0.25, 0.3) is 0 Å². The van der Waals surface area contributed by atoms with Crippen LogP contribution in [-0.4, -0.2) is 29.3 Å². The first kappa shape index (κ1) is 17.1. The smallest absolute Gasteiger partial charge is 0.256 e.